The van der Waals surface area contributed by atoms with Crippen LogP contribution in [0.1, 0.15) is 29.5 Å². The van der Waals surface area contributed by atoms with Crippen LogP contribution in [0.3, 0.4) is 0 Å². The first kappa shape index (κ1) is 21.1. The van der Waals surface area contributed by atoms with Gasteiger partial charge in [-0.2, -0.15) is 0 Å². The van der Waals surface area contributed by atoms with Crippen LogP contribution in [0.15, 0.2) is 36.4 Å². The van der Waals surface area contributed by atoms with Crippen LogP contribution < -0.4 is 14.4 Å². The lowest BCUT2D eigenvalue weighted by Gasteiger charge is -2.40. The van der Waals surface area contributed by atoms with Crippen LogP contribution in [0.5, 0.6) is 11.5 Å². The fourth-order valence-electron chi connectivity index (χ4n) is 5.14. The molecule has 6 heteroatoms. The van der Waals surface area contributed by atoms with Crippen molar-refractivity contribution < 1.29 is 14.3 Å². The van der Waals surface area contributed by atoms with Crippen molar-refractivity contribution in [3.05, 3.63) is 53.1 Å². The van der Waals surface area contributed by atoms with Gasteiger partial charge in [-0.25, -0.2) is 0 Å². The maximum absolute atomic E-state index is 13.2. The highest BCUT2D eigenvalue weighted by Gasteiger charge is 2.31. The first-order valence-corrected chi connectivity index (χ1v) is 11.8. The maximum Gasteiger partial charge on any atom is 0.231 e. The number of piperidine rings is 1. The van der Waals surface area contributed by atoms with Gasteiger partial charge in [-0.3, -0.25) is 9.69 Å². The van der Waals surface area contributed by atoms with E-state index in [1.165, 1.54) is 22.4 Å². The highest BCUT2D eigenvalue weighted by atomic mass is 16.7. The van der Waals surface area contributed by atoms with Crippen LogP contribution in [0.4, 0.5) is 5.69 Å². The minimum Gasteiger partial charge on any atom is -0.454 e. The van der Waals surface area contributed by atoms with E-state index in [2.05, 4.69) is 58.9 Å². The van der Waals surface area contributed by atoms with Gasteiger partial charge in [-0.1, -0.05) is 18.2 Å². The van der Waals surface area contributed by atoms with Gasteiger partial charge in [0.2, 0.25) is 12.7 Å². The monoisotopic (exact) mass is 435 g/mol. The number of amides is 1. The van der Waals surface area contributed by atoms with E-state index in [9.17, 15) is 4.79 Å². The normalized spacial score (nSPS) is 19.4. The van der Waals surface area contributed by atoms with E-state index in [4.69, 9.17) is 9.47 Å². The van der Waals surface area contributed by atoms with Gasteiger partial charge in [0.15, 0.2) is 11.5 Å². The van der Waals surface area contributed by atoms with E-state index < -0.39 is 0 Å². The zero-order chi connectivity index (χ0) is 22.1. The van der Waals surface area contributed by atoms with Crippen LogP contribution in [-0.2, 0) is 11.3 Å². The Morgan fingerprint density at radius 2 is 1.69 bits per heavy atom. The number of hydrogen-bond acceptors (Lipinski definition) is 5. The molecule has 0 N–H and O–H groups in total. The molecule has 2 aromatic rings. The number of piperazine rings is 1. The molecule has 0 bridgehead atoms. The molecular weight excluding hydrogens is 402 g/mol. The van der Waals surface area contributed by atoms with Gasteiger partial charge in [0.05, 0.1) is 0 Å². The van der Waals surface area contributed by atoms with Gasteiger partial charge < -0.3 is 19.3 Å². The number of aryl methyl sites for hydroxylation is 1. The topological polar surface area (TPSA) is 45.2 Å². The number of benzene rings is 2. The standard InChI is InChI=1S/C26H33N3O3/c1-19-4-3-5-23(20(19)2)28-12-14-29(15-13-28)26(30)22-8-10-27(11-9-22)17-21-6-7-24-25(16-21)32-18-31-24/h3-7,16,22H,8-15,17-18H2,1-2H3. The Morgan fingerprint density at radius 1 is 0.938 bits per heavy atom. The molecule has 5 rings (SSSR count). The smallest absolute Gasteiger partial charge is 0.231 e. The number of fused-ring (bicyclic) bond motifs is 1. The molecule has 3 aliphatic heterocycles. The number of rotatable bonds is 4. The summed E-state index contributed by atoms with van der Waals surface area (Å²) >= 11 is 0. The molecule has 3 heterocycles. The molecule has 32 heavy (non-hydrogen) atoms. The molecule has 6 nitrogen and oxygen atoms in total. The van der Waals surface area contributed by atoms with Crippen molar-refractivity contribution in [2.45, 2.75) is 33.2 Å². The maximum atomic E-state index is 13.2. The lowest BCUT2D eigenvalue weighted by Crippen LogP contribution is -2.51. The van der Waals surface area contributed by atoms with Gasteiger partial charge in [0.1, 0.15) is 0 Å². The molecule has 0 unspecified atom stereocenters. The Kier molecular flexibility index (Phi) is 5.96. The summed E-state index contributed by atoms with van der Waals surface area (Å²) < 4.78 is 10.9. The van der Waals surface area contributed by atoms with Crippen molar-refractivity contribution >= 4 is 11.6 Å². The molecule has 0 saturated carbocycles. The summed E-state index contributed by atoms with van der Waals surface area (Å²) in [6.07, 6.45) is 1.89. The highest BCUT2D eigenvalue weighted by molar-refractivity contribution is 5.79. The molecule has 2 aromatic carbocycles. The fourth-order valence-corrected chi connectivity index (χ4v) is 5.14. The zero-order valence-corrected chi connectivity index (χ0v) is 19.2. The zero-order valence-electron chi connectivity index (χ0n) is 19.2. The minimum absolute atomic E-state index is 0.162. The van der Waals surface area contributed by atoms with Gasteiger partial charge >= 0.3 is 0 Å². The Morgan fingerprint density at radius 3 is 2.47 bits per heavy atom. The van der Waals surface area contributed by atoms with Gasteiger partial charge in [0.25, 0.3) is 0 Å². The highest BCUT2D eigenvalue weighted by Crippen LogP contribution is 2.33. The van der Waals surface area contributed by atoms with E-state index in [1.54, 1.807) is 0 Å². The summed E-state index contributed by atoms with van der Waals surface area (Å²) in [7, 11) is 0. The van der Waals surface area contributed by atoms with E-state index in [-0.39, 0.29) is 5.92 Å². The molecule has 1 amide bonds. The Hall–Kier alpha value is -2.73. The lowest BCUT2D eigenvalue weighted by molar-refractivity contribution is -0.137. The van der Waals surface area contributed by atoms with Crippen LogP contribution in [0.25, 0.3) is 0 Å². The first-order chi connectivity index (χ1) is 15.6. The Bertz CT molecular complexity index is 976. The van der Waals surface area contributed by atoms with E-state index in [0.29, 0.717) is 12.7 Å². The van der Waals surface area contributed by atoms with Gasteiger partial charge in [-0.15, -0.1) is 0 Å². The van der Waals surface area contributed by atoms with Crippen molar-refractivity contribution in [2.75, 3.05) is 51.0 Å². The Balaban J connectivity index is 1.11. The van der Waals surface area contributed by atoms with Gasteiger partial charge in [0, 0.05) is 44.3 Å². The lowest BCUT2D eigenvalue weighted by atomic mass is 9.94. The van der Waals surface area contributed by atoms with Crippen molar-refractivity contribution in [3.63, 3.8) is 0 Å². The number of carbonyl (C=O) groups is 1. The number of hydrogen-bond donors (Lipinski definition) is 0. The molecular formula is C26H33N3O3. The average molecular weight is 436 g/mol. The predicted octanol–water partition coefficient (Wildman–Crippen LogP) is 3.59. The van der Waals surface area contributed by atoms with Crippen LogP contribution in [-0.4, -0.2) is 61.8 Å². The SMILES string of the molecule is Cc1cccc(N2CCN(C(=O)C3CCN(Cc4ccc5c(c4)OCO5)CC3)CC2)c1C. The molecule has 0 aromatic heterocycles. The summed E-state index contributed by atoms with van der Waals surface area (Å²) in [6, 6.07) is 12.7. The summed E-state index contributed by atoms with van der Waals surface area (Å²) in [4.78, 5) is 20.1. The van der Waals surface area contributed by atoms with Crippen LogP contribution >= 0.6 is 0 Å². The molecule has 2 saturated heterocycles. The molecule has 0 aliphatic carbocycles. The number of anilines is 1. The van der Waals surface area contributed by atoms with Gasteiger partial charge in [-0.05, 0) is 74.7 Å². The van der Waals surface area contributed by atoms with Crippen LogP contribution in [0.2, 0.25) is 0 Å². The summed E-state index contributed by atoms with van der Waals surface area (Å²) in [6.45, 7) is 11.0. The fraction of sp³-hybridized carbons (Fsp3) is 0.500. The average Bonchev–Trinajstić information content (AvgIpc) is 3.29. The van der Waals surface area contributed by atoms with E-state index in [1.807, 2.05) is 6.07 Å². The largest absolute Gasteiger partial charge is 0.454 e. The molecule has 0 radical (unpaired) electrons. The van der Waals surface area contributed by atoms with Crippen LogP contribution in [0, 0.1) is 19.8 Å². The number of carbonyl (C=O) groups excluding carboxylic acids is 1. The summed E-state index contributed by atoms with van der Waals surface area (Å²) in [5, 5.41) is 0. The second kappa shape index (κ2) is 9.02. The first-order valence-electron chi connectivity index (χ1n) is 11.8. The molecule has 2 fully saturated rings. The third-order valence-corrected chi connectivity index (χ3v) is 7.29. The number of likely N-dealkylation sites (tertiary alicyclic amines) is 1. The predicted molar refractivity (Wildman–Crippen MR) is 125 cm³/mol. The Labute approximate surface area is 190 Å². The second-order valence-electron chi connectivity index (χ2n) is 9.27. The minimum atomic E-state index is 0.162. The quantitative estimate of drug-likeness (QED) is 0.734. The number of ether oxygens (including phenoxy) is 2. The molecule has 170 valence electrons. The summed E-state index contributed by atoms with van der Waals surface area (Å²) in [5.74, 6) is 2.19. The van der Waals surface area contributed by atoms with E-state index >= 15 is 0 Å². The molecule has 0 atom stereocenters. The number of nitrogens with zero attached hydrogens (tertiary/aromatic N) is 3. The summed E-state index contributed by atoms with van der Waals surface area (Å²) in [5.41, 5.74) is 5.23. The van der Waals surface area contributed by atoms with Crippen molar-refractivity contribution in [1.82, 2.24) is 9.80 Å². The van der Waals surface area contributed by atoms with E-state index in [0.717, 1.165) is 70.2 Å². The van der Waals surface area contributed by atoms with Crippen molar-refractivity contribution in [1.29, 1.82) is 0 Å². The molecule has 0 spiro atoms. The molecule has 3 aliphatic rings. The van der Waals surface area contributed by atoms with Crippen molar-refractivity contribution in [2.24, 2.45) is 5.92 Å². The van der Waals surface area contributed by atoms with Crippen molar-refractivity contribution in [3.8, 4) is 11.5 Å². The second-order valence-corrected chi connectivity index (χ2v) is 9.27. The third-order valence-electron chi connectivity index (χ3n) is 7.29. The third kappa shape index (κ3) is 4.29.